The average Bonchev–Trinajstić information content (AvgIpc) is 2.24. The maximum absolute atomic E-state index is 11.9. The van der Waals surface area contributed by atoms with Crippen molar-refractivity contribution in [2.24, 2.45) is 5.73 Å². The predicted octanol–water partition coefficient (Wildman–Crippen LogP) is 1.93. The summed E-state index contributed by atoms with van der Waals surface area (Å²) in [4.78, 5) is 13.8. The molecule has 2 N–H and O–H groups in total. The molecule has 15 heavy (non-hydrogen) atoms. The van der Waals surface area contributed by atoms with Crippen LogP contribution in [0.2, 0.25) is 0 Å². The van der Waals surface area contributed by atoms with Crippen LogP contribution in [0, 0.1) is 0 Å². The summed E-state index contributed by atoms with van der Waals surface area (Å²) in [5.74, 6) is 0.104. The Morgan fingerprint density at radius 2 is 1.80 bits per heavy atom. The Morgan fingerprint density at radius 1 is 1.27 bits per heavy atom. The van der Waals surface area contributed by atoms with Crippen LogP contribution < -0.4 is 5.73 Å². The van der Waals surface area contributed by atoms with Gasteiger partial charge >= 0.3 is 0 Å². The second kappa shape index (κ2) is 8.48. The van der Waals surface area contributed by atoms with Crippen molar-refractivity contribution in [3.63, 3.8) is 0 Å². The Bertz CT molecular complexity index is 196. The molecule has 0 aromatic carbocycles. The molecule has 0 bridgehead atoms. The molecule has 3 heteroatoms. The molecular formula is C12H24N2O. The molecule has 0 aromatic heterocycles. The molecule has 1 amide bonds. The lowest BCUT2D eigenvalue weighted by molar-refractivity contribution is -0.127. The maximum atomic E-state index is 11.9. The molecular weight excluding hydrogens is 188 g/mol. The Hall–Kier alpha value is -0.830. The van der Waals surface area contributed by atoms with E-state index >= 15 is 0 Å². The largest absolute Gasteiger partial charge is 0.339 e. The number of nitrogens with zero attached hydrogens (tertiary/aromatic N) is 1. The van der Waals surface area contributed by atoms with E-state index in [2.05, 4.69) is 20.4 Å². The second-order valence-electron chi connectivity index (χ2n) is 3.79. The lowest BCUT2D eigenvalue weighted by Gasteiger charge is -2.22. The SMILES string of the molecule is C=C(CCCN)C(=O)N(CCC)CCC. The third-order valence-electron chi connectivity index (χ3n) is 2.26. The van der Waals surface area contributed by atoms with Crippen LogP contribution >= 0.6 is 0 Å². The maximum Gasteiger partial charge on any atom is 0.249 e. The topological polar surface area (TPSA) is 46.3 Å². The fourth-order valence-corrected chi connectivity index (χ4v) is 1.50. The third-order valence-corrected chi connectivity index (χ3v) is 2.26. The van der Waals surface area contributed by atoms with Crippen molar-refractivity contribution in [3.05, 3.63) is 12.2 Å². The summed E-state index contributed by atoms with van der Waals surface area (Å²) in [7, 11) is 0. The van der Waals surface area contributed by atoms with Gasteiger partial charge in [0.15, 0.2) is 0 Å². The number of rotatable bonds is 8. The van der Waals surface area contributed by atoms with E-state index in [1.54, 1.807) is 0 Å². The highest BCUT2D eigenvalue weighted by molar-refractivity contribution is 5.92. The normalized spacial score (nSPS) is 10.1. The Balaban J connectivity index is 4.15. The first-order chi connectivity index (χ1) is 7.17. The lowest BCUT2D eigenvalue weighted by atomic mass is 10.1. The van der Waals surface area contributed by atoms with Crippen molar-refractivity contribution in [1.29, 1.82) is 0 Å². The summed E-state index contributed by atoms with van der Waals surface area (Å²) in [5, 5.41) is 0. The molecule has 88 valence electrons. The van der Waals surface area contributed by atoms with Gasteiger partial charge in [-0.3, -0.25) is 4.79 Å². The van der Waals surface area contributed by atoms with Crippen LogP contribution in [0.5, 0.6) is 0 Å². The van der Waals surface area contributed by atoms with Gasteiger partial charge in [-0.05, 0) is 32.2 Å². The van der Waals surface area contributed by atoms with Crippen molar-refractivity contribution >= 4 is 5.91 Å². The fraction of sp³-hybridized carbons (Fsp3) is 0.750. The molecule has 0 fully saturated rings. The van der Waals surface area contributed by atoms with Crippen molar-refractivity contribution in [2.45, 2.75) is 39.5 Å². The summed E-state index contributed by atoms with van der Waals surface area (Å²) in [5.41, 5.74) is 6.10. The summed E-state index contributed by atoms with van der Waals surface area (Å²) >= 11 is 0. The van der Waals surface area contributed by atoms with Gasteiger partial charge in [0, 0.05) is 18.7 Å². The van der Waals surface area contributed by atoms with Crippen LogP contribution in [0.25, 0.3) is 0 Å². The van der Waals surface area contributed by atoms with Gasteiger partial charge in [0.1, 0.15) is 0 Å². The van der Waals surface area contributed by atoms with E-state index in [-0.39, 0.29) is 5.91 Å². The van der Waals surface area contributed by atoms with Crippen molar-refractivity contribution in [1.82, 2.24) is 4.90 Å². The van der Waals surface area contributed by atoms with Gasteiger partial charge in [0.05, 0.1) is 0 Å². The Labute approximate surface area is 93.3 Å². The summed E-state index contributed by atoms with van der Waals surface area (Å²) in [6.45, 7) is 10.3. The van der Waals surface area contributed by atoms with Gasteiger partial charge in [-0.25, -0.2) is 0 Å². The lowest BCUT2D eigenvalue weighted by Crippen LogP contribution is -2.33. The minimum atomic E-state index is 0.104. The van der Waals surface area contributed by atoms with E-state index in [1.807, 2.05) is 4.90 Å². The predicted molar refractivity (Wildman–Crippen MR) is 64.6 cm³/mol. The van der Waals surface area contributed by atoms with Gasteiger partial charge in [-0.2, -0.15) is 0 Å². The smallest absolute Gasteiger partial charge is 0.249 e. The number of carbonyl (C=O) groups is 1. The van der Waals surface area contributed by atoms with Gasteiger partial charge in [0.2, 0.25) is 5.91 Å². The zero-order valence-corrected chi connectivity index (χ0v) is 10.1. The number of carbonyl (C=O) groups excluding carboxylic acids is 1. The van der Waals surface area contributed by atoms with Crippen molar-refractivity contribution < 1.29 is 4.79 Å². The molecule has 0 heterocycles. The molecule has 0 unspecified atom stereocenters. The summed E-state index contributed by atoms with van der Waals surface area (Å²) < 4.78 is 0. The van der Waals surface area contributed by atoms with Crippen molar-refractivity contribution in [3.8, 4) is 0 Å². The molecule has 0 aromatic rings. The van der Waals surface area contributed by atoms with E-state index < -0.39 is 0 Å². The number of hydrogen-bond acceptors (Lipinski definition) is 2. The van der Waals surface area contributed by atoms with Gasteiger partial charge in [-0.1, -0.05) is 20.4 Å². The highest BCUT2D eigenvalue weighted by atomic mass is 16.2. The molecule has 0 spiro atoms. The van der Waals surface area contributed by atoms with Crippen LogP contribution in [0.4, 0.5) is 0 Å². The van der Waals surface area contributed by atoms with E-state index in [0.717, 1.165) is 38.8 Å². The molecule has 0 aliphatic heterocycles. The van der Waals surface area contributed by atoms with Gasteiger partial charge < -0.3 is 10.6 Å². The van der Waals surface area contributed by atoms with Gasteiger partial charge in [0.25, 0.3) is 0 Å². The first kappa shape index (κ1) is 14.2. The highest BCUT2D eigenvalue weighted by Gasteiger charge is 2.14. The monoisotopic (exact) mass is 212 g/mol. The van der Waals surface area contributed by atoms with Crippen LogP contribution in [0.15, 0.2) is 12.2 Å². The second-order valence-corrected chi connectivity index (χ2v) is 3.79. The van der Waals surface area contributed by atoms with Crippen molar-refractivity contribution in [2.75, 3.05) is 19.6 Å². The van der Waals surface area contributed by atoms with Gasteiger partial charge in [-0.15, -0.1) is 0 Å². The first-order valence-electron chi connectivity index (χ1n) is 5.84. The average molecular weight is 212 g/mol. The number of hydrogen-bond donors (Lipinski definition) is 1. The molecule has 3 nitrogen and oxygen atoms in total. The van der Waals surface area contributed by atoms with Crippen LogP contribution in [0.1, 0.15) is 39.5 Å². The van der Waals surface area contributed by atoms with E-state index in [4.69, 9.17) is 5.73 Å². The molecule has 0 radical (unpaired) electrons. The molecule has 0 rings (SSSR count). The molecule has 0 atom stereocenters. The van der Waals surface area contributed by atoms with Crippen LogP contribution in [-0.4, -0.2) is 30.4 Å². The highest BCUT2D eigenvalue weighted by Crippen LogP contribution is 2.07. The molecule has 0 saturated heterocycles. The first-order valence-corrected chi connectivity index (χ1v) is 5.84. The summed E-state index contributed by atoms with van der Waals surface area (Å²) in [6.07, 6.45) is 3.56. The van der Waals surface area contributed by atoms with E-state index in [1.165, 1.54) is 0 Å². The van der Waals surface area contributed by atoms with Crippen LogP contribution in [-0.2, 0) is 4.79 Å². The molecule has 0 aliphatic rings. The Kier molecular flexibility index (Phi) is 8.01. The minimum Gasteiger partial charge on any atom is -0.339 e. The fourth-order valence-electron chi connectivity index (χ4n) is 1.50. The minimum absolute atomic E-state index is 0.104. The van der Waals surface area contributed by atoms with E-state index in [9.17, 15) is 4.79 Å². The Morgan fingerprint density at radius 3 is 2.20 bits per heavy atom. The molecule has 0 saturated carbocycles. The van der Waals surface area contributed by atoms with Crippen LogP contribution in [0.3, 0.4) is 0 Å². The standard InChI is InChI=1S/C12H24N2O/c1-4-9-14(10-5-2)12(15)11(3)7-6-8-13/h3-10,13H2,1-2H3. The number of nitrogens with two attached hydrogens (primary N) is 1. The summed E-state index contributed by atoms with van der Waals surface area (Å²) in [6, 6.07) is 0. The zero-order chi connectivity index (χ0) is 11.7. The zero-order valence-electron chi connectivity index (χ0n) is 10.1. The third kappa shape index (κ3) is 5.57. The number of amides is 1. The van der Waals surface area contributed by atoms with E-state index in [0.29, 0.717) is 12.1 Å². The molecule has 0 aliphatic carbocycles. The quantitative estimate of drug-likeness (QED) is 0.625.